The highest BCUT2D eigenvalue weighted by Gasteiger charge is 2.17. The second kappa shape index (κ2) is 12.5. The lowest BCUT2D eigenvalue weighted by Gasteiger charge is -2.26. The molecule has 0 spiro atoms. The predicted octanol–water partition coefficient (Wildman–Crippen LogP) is 12.7. The molecule has 0 aliphatic carbocycles. The molecule has 0 aliphatic heterocycles. The number of benzene rings is 7. The monoisotopic (exact) mass is 707 g/mol. The summed E-state index contributed by atoms with van der Waals surface area (Å²) in [5.74, 6) is 1.07. The van der Waals surface area contributed by atoms with E-state index in [9.17, 15) is 0 Å². The molecule has 0 amide bonds. The Hall–Kier alpha value is -7.64. The molecule has 55 heavy (non-hydrogen) atoms. The normalized spacial score (nSPS) is 11.6. The van der Waals surface area contributed by atoms with Gasteiger partial charge in [0.2, 0.25) is 23.2 Å². The van der Waals surface area contributed by atoms with Crippen molar-refractivity contribution in [1.29, 1.82) is 0 Å². The molecule has 0 bridgehead atoms. The molecular formula is C48H29N5O2. The number of pyridine rings is 2. The first-order valence-electron chi connectivity index (χ1n) is 18.1. The van der Waals surface area contributed by atoms with Crippen LogP contribution in [0.25, 0.3) is 88.8 Å². The first kappa shape index (κ1) is 30.9. The quantitative estimate of drug-likeness (QED) is 0.159. The Morgan fingerprint density at radius 1 is 0.364 bits per heavy atom. The summed E-state index contributed by atoms with van der Waals surface area (Å²) < 4.78 is 12.0. The van der Waals surface area contributed by atoms with Crippen LogP contribution in [0.3, 0.4) is 0 Å². The highest BCUT2D eigenvalue weighted by Crippen LogP contribution is 2.40. The molecule has 4 heterocycles. The van der Waals surface area contributed by atoms with E-state index in [1.165, 1.54) is 38.1 Å². The van der Waals surface area contributed by atoms with E-state index in [0.717, 1.165) is 44.6 Å². The summed E-state index contributed by atoms with van der Waals surface area (Å²) in [6.07, 6.45) is 3.42. The minimum absolute atomic E-state index is 0.520. The number of hydrogen-bond donors (Lipinski definition) is 0. The Kier molecular flexibility index (Phi) is 7.03. The van der Waals surface area contributed by atoms with E-state index in [0.29, 0.717) is 23.2 Å². The Bertz CT molecular complexity index is 3040. The lowest BCUT2D eigenvalue weighted by atomic mass is 9.96. The van der Waals surface area contributed by atoms with E-state index in [4.69, 9.17) is 8.83 Å². The van der Waals surface area contributed by atoms with E-state index in [-0.39, 0.29) is 0 Å². The van der Waals surface area contributed by atoms with Crippen molar-refractivity contribution in [1.82, 2.24) is 19.9 Å². The second-order valence-electron chi connectivity index (χ2n) is 13.6. The van der Waals surface area contributed by atoms with Gasteiger partial charge in [-0.05, 0) is 141 Å². The van der Waals surface area contributed by atoms with Crippen molar-refractivity contribution in [2.24, 2.45) is 0 Å². The van der Waals surface area contributed by atoms with Gasteiger partial charge in [0.05, 0.1) is 0 Å². The fraction of sp³-hybridized carbons (Fsp3) is 0. The fourth-order valence-electron chi connectivity index (χ4n) is 7.49. The second-order valence-corrected chi connectivity index (χ2v) is 13.6. The number of nitrogens with zero attached hydrogens (tertiary/aromatic N) is 5. The maximum Gasteiger partial charge on any atom is 0.247 e. The summed E-state index contributed by atoms with van der Waals surface area (Å²) in [7, 11) is 0. The zero-order valence-corrected chi connectivity index (χ0v) is 29.3. The molecule has 258 valence electrons. The number of anilines is 3. The third-order valence-corrected chi connectivity index (χ3v) is 10.2. The first-order valence-corrected chi connectivity index (χ1v) is 18.1. The summed E-state index contributed by atoms with van der Waals surface area (Å²) in [5, 5.41) is 7.27. The average Bonchev–Trinajstić information content (AvgIpc) is 3.89. The highest BCUT2D eigenvalue weighted by molar-refractivity contribution is 6.09. The van der Waals surface area contributed by atoms with Crippen molar-refractivity contribution in [3.05, 3.63) is 176 Å². The predicted molar refractivity (Wildman–Crippen MR) is 221 cm³/mol. The summed E-state index contributed by atoms with van der Waals surface area (Å²) in [6, 6.07) is 57.1. The molecular weight excluding hydrogens is 679 g/mol. The molecule has 7 heteroatoms. The van der Waals surface area contributed by atoms with Crippen molar-refractivity contribution in [2.45, 2.75) is 0 Å². The zero-order valence-electron chi connectivity index (χ0n) is 29.3. The van der Waals surface area contributed by atoms with Gasteiger partial charge >= 0.3 is 0 Å². The van der Waals surface area contributed by atoms with Crippen molar-refractivity contribution < 1.29 is 8.83 Å². The van der Waals surface area contributed by atoms with Crippen molar-refractivity contribution in [2.75, 3.05) is 4.90 Å². The lowest BCUT2D eigenvalue weighted by molar-refractivity contribution is 0.607. The van der Waals surface area contributed by atoms with Gasteiger partial charge in [-0.15, -0.1) is 0 Å². The molecule has 7 aromatic carbocycles. The van der Waals surface area contributed by atoms with E-state index < -0.39 is 0 Å². The molecule has 11 rings (SSSR count). The summed E-state index contributed by atoms with van der Waals surface area (Å²) in [5.41, 5.74) is 9.65. The van der Waals surface area contributed by atoms with Crippen molar-refractivity contribution in [3.8, 4) is 34.0 Å². The highest BCUT2D eigenvalue weighted by atomic mass is 16.4. The molecule has 7 nitrogen and oxygen atoms in total. The largest absolute Gasteiger partial charge is 0.418 e. The number of aromatic nitrogens is 4. The first-order chi connectivity index (χ1) is 27.2. The maximum atomic E-state index is 5.98. The van der Waals surface area contributed by atoms with Crippen LogP contribution in [-0.2, 0) is 0 Å². The molecule has 0 atom stereocenters. The zero-order chi connectivity index (χ0) is 36.3. The summed E-state index contributed by atoms with van der Waals surface area (Å²) >= 11 is 0. The van der Waals surface area contributed by atoms with Crippen molar-refractivity contribution >= 4 is 71.8 Å². The third kappa shape index (κ3) is 5.45. The Morgan fingerprint density at radius 2 is 0.836 bits per heavy atom. The summed E-state index contributed by atoms with van der Waals surface area (Å²) in [6.45, 7) is 0. The Balaban J connectivity index is 0.984. The molecule has 0 unspecified atom stereocenters. The average molecular weight is 708 g/mol. The van der Waals surface area contributed by atoms with Gasteiger partial charge in [-0.25, -0.2) is 19.9 Å². The van der Waals surface area contributed by atoms with Crippen LogP contribution < -0.4 is 4.90 Å². The fourth-order valence-corrected chi connectivity index (χ4v) is 7.49. The topological polar surface area (TPSA) is 81.1 Å². The minimum Gasteiger partial charge on any atom is -0.418 e. The van der Waals surface area contributed by atoms with Gasteiger partial charge in [-0.3, -0.25) is 0 Å². The van der Waals surface area contributed by atoms with Gasteiger partial charge < -0.3 is 13.7 Å². The number of rotatable bonds is 6. The third-order valence-electron chi connectivity index (χ3n) is 10.2. The molecule has 4 aromatic heterocycles. The van der Waals surface area contributed by atoms with Crippen LogP contribution in [0.5, 0.6) is 0 Å². The SMILES string of the molecule is c1ccc2cc(-c3ccc4c(ccc5cc(N(c6ccc(-c7nc8cccnc8o7)cc6)c6ccc(-c7nc8cccnc8o7)cc6)ccc54)c3)ccc2c1. The van der Waals surface area contributed by atoms with Gasteiger partial charge in [0.25, 0.3) is 0 Å². The molecule has 0 saturated heterocycles. The van der Waals surface area contributed by atoms with E-state index in [1.807, 2.05) is 48.5 Å². The van der Waals surface area contributed by atoms with Gasteiger partial charge in [0.1, 0.15) is 11.0 Å². The minimum atomic E-state index is 0.520. The van der Waals surface area contributed by atoms with Crippen LogP contribution in [0.15, 0.2) is 185 Å². The van der Waals surface area contributed by atoms with Crippen LogP contribution >= 0.6 is 0 Å². The van der Waals surface area contributed by atoms with Gasteiger partial charge in [-0.2, -0.15) is 0 Å². The van der Waals surface area contributed by atoms with Crippen LogP contribution in [0.4, 0.5) is 17.1 Å². The van der Waals surface area contributed by atoms with Crippen molar-refractivity contribution in [3.63, 3.8) is 0 Å². The van der Waals surface area contributed by atoms with E-state index in [2.05, 4.69) is 140 Å². The summed E-state index contributed by atoms with van der Waals surface area (Å²) in [4.78, 5) is 20.2. The van der Waals surface area contributed by atoms with Crippen LogP contribution in [0, 0.1) is 0 Å². The molecule has 0 N–H and O–H groups in total. The number of hydrogen-bond acceptors (Lipinski definition) is 7. The Morgan fingerprint density at radius 3 is 1.44 bits per heavy atom. The van der Waals surface area contributed by atoms with Crippen LogP contribution in [0.1, 0.15) is 0 Å². The maximum absolute atomic E-state index is 5.98. The number of oxazole rings is 2. The lowest BCUT2D eigenvalue weighted by Crippen LogP contribution is -2.09. The molecule has 0 saturated carbocycles. The van der Waals surface area contributed by atoms with Gasteiger partial charge in [-0.1, -0.05) is 66.7 Å². The standard InChI is InChI=1S/C48H29N5O2/c1-2-6-33-27-34(10-9-30(33)5-1)35-17-23-41-36(28-35)11-12-37-29-40(22-24-42(37)41)53(38-18-13-31(14-19-38)45-51-43-7-3-25-49-47(43)54-45)39-20-15-32(16-21-39)46-52-44-8-4-26-50-48(44)55-46/h1-29H. The van der Waals surface area contributed by atoms with Crippen LogP contribution in [0.2, 0.25) is 0 Å². The van der Waals surface area contributed by atoms with Crippen LogP contribution in [-0.4, -0.2) is 19.9 Å². The smallest absolute Gasteiger partial charge is 0.247 e. The number of fused-ring (bicyclic) bond motifs is 6. The van der Waals surface area contributed by atoms with E-state index in [1.54, 1.807) is 12.4 Å². The Labute approximate surface area is 314 Å². The van der Waals surface area contributed by atoms with Gasteiger partial charge in [0, 0.05) is 40.6 Å². The van der Waals surface area contributed by atoms with Gasteiger partial charge in [0.15, 0.2) is 0 Å². The molecule has 0 aliphatic rings. The molecule has 0 radical (unpaired) electrons. The van der Waals surface area contributed by atoms with E-state index >= 15 is 0 Å². The molecule has 11 aromatic rings. The molecule has 0 fully saturated rings.